The Kier molecular flexibility index (Phi) is 6.42. The molecule has 0 saturated carbocycles. The van der Waals surface area contributed by atoms with Crippen molar-refractivity contribution < 1.29 is 31.5 Å². The third-order valence-electron chi connectivity index (χ3n) is 4.99. The van der Waals surface area contributed by atoms with E-state index in [0.29, 0.717) is 0 Å². The van der Waals surface area contributed by atoms with E-state index in [1.807, 2.05) is 70.1 Å². The van der Waals surface area contributed by atoms with Gasteiger partial charge in [-0.2, -0.15) is 0 Å². The zero-order valence-electron chi connectivity index (χ0n) is 16.7. The molecule has 0 atom stereocenters. The van der Waals surface area contributed by atoms with E-state index in [9.17, 15) is 0 Å². The van der Waals surface area contributed by atoms with E-state index in [1.165, 1.54) is 10.8 Å². The van der Waals surface area contributed by atoms with Crippen LogP contribution in [0.15, 0.2) is 122 Å². The smallest absolute Gasteiger partial charge is 0.657 e. The summed E-state index contributed by atoms with van der Waals surface area (Å²) < 4.78 is 3.96. The van der Waals surface area contributed by atoms with Crippen molar-refractivity contribution in [2.75, 3.05) is 0 Å². The van der Waals surface area contributed by atoms with E-state index in [4.69, 9.17) is 0 Å². The maximum atomic E-state index is 4.52. The summed E-state index contributed by atoms with van der Waals surface area (Å²) in [6.07, 6.45) is 4.00. The van der Waals surface area contributed by atoms with Crippen LogP contribution in [0, 0.1) is 0 Å². The zero-order valence-corrected chi connectivity index (χ0v) is 18.9. The van der Waals surface area contributed by atoms with E-state index in [-0.39, 0.29) is 22.4 Å². The predicted octanol–water partition coefficient (Wildman–Crippen LogP) is 6.28. The summed E-state index contributed by atoms with van der Waals surface area (Å²) in [5, 5.41) is 2.50. The topological polar surface area (TPSA) is 20.1 Å². The van der Waals surface area contributed by atoms with Crippen molar-refractivity contribution >= 4 is 39.2 Å². The Morgan fingerprint density at radius 3 is 1.32 bits per heavy atom. The van der Waals surface area contributed by atoms with E-state index in [2.05, 4.69) is 71.7 Å². The van der Waals surface area contributed by atoms with Crippen molar-refractivity contribution in [1.82, 2.24) is 4.98 Å². The number of hydrogen-bond donors (Lipinski definition) is 0. The SMILES string of the molecule is C1=[N+](c2ccccc2)C=C[N+]=1c1ccccc1.[Au+].c1ccc2c(c1)[n-]c1ccccc12. The van der Waals surface area contributed by atoms with Crippen LogP contribution in [0.1, 0.15) is 0 Å². The fourth-order valence-corrected chi connectivity index (χ4v) is 3.51. The summed E-state index contributed by atoms with van der Waals surface area (Å²) in [5.41, 5.74) is 4.40. The van der Waals surface area contributed by atoms with Crippen LogP contribution in [0.5, 0.6) is 0 Å². The second kappa shape index (κ2) is 9.57. The quantitative estimate of drug-likeness (QED) is 0.177. The first-order chi connectivity index (χ1) is 14.9. The van der Waals surface area contributed by atoms with Crippen LogP contribution in [-0.4, -0.2) is 15.2 Å². The van der Waals surface area contributed by atoms with E-state index in [0.717, 1.165) is 22.4 Å². The van der Waals surface area contributed by atoms with Gasteiger partial charge in [0.2, 0.25) is 11.4 Å². The summed E-state index contributed by atoms with van der Waals surface area (Å²) in [7, 11) is 0. The van der Waals surface area contributed by atoms with Crippen LogP contribution in [0.4, 0.5) is 11.4 Å². The van der Waals surface area contributed by atoms with Gasteiger partial charge in [-0.3, -0.25) is 0 Å². The van der Waals surface area contributed by atoms with Gasteiger partial charge in [0.25, 0.3) is 12.4 Å². The number of rotatable bonds is 2. The molecule has 1 aliphatic heterocycles. The Bertz CT molecular complexity index is 1310. The number of aromatic nitrogens is 1. The van der Waals surface area contributed by atoms with Crippen LogP contribution in [0.2, 0.25) is 0 Å². The summed E-state index contributed by atoms with van der Waals surface area (Å²) >= 11 is 0. The predicted molar refractivity (Wildman–Crippen MR) is 122 cm³/mol. The second-order valence-electron chi connectivity index (χ2n) is 6.96. The average Bonchev–Trinajstić information content (AvgIpc) is 3.46. The van der Waals surface area contributed by atoms with Gasteiger partial charge in [0.1, 0.15) is 0 Å². The molecule has 2 heterocycles. The molecule has 0 amide bonds. The Morgan fingerprint density at radius 2 is 0.871 bits per heavy atom. The molecule has 0 fully saturated rings. The number of hydrogen-bond acceptors (Lipinski definition) is 0. The Balaban J connectivity index is 0.000000149. The van der Waals surface area contributed by atoms with Crippen molar-refractivity contribution in [2.45, 2.75) is 0 Å². The van der Waals surface area contributed by atoms with Gasteiger partial charge >= 0.3 is 28.4 Å². The van der Waals surface area contributed by atoms with Crippen LogP contribution in [0.25, 0.3) is 21.8 Å². The molecule has 4 aromatic carbocycles. The fraction of sp³-hybridized carbons (Fsp3) is 0. The molecule has 6 rings (SSSR count). The van der Waals surface area contributed by atoms with E-state index in [1.54, 1.807) is 0 Å². The standard InChI is InChI=1S/C15H12N2.C12H8N.Au/c1-3-7-14(8-4-1)16-11-12-17(13-16)15-9-5-2-6-10-15;1-3-7-11-9(5-1)10-6-2-4-8-12(10)13-11;/h1-12H;1-8H;/q+2;-1;+1. The molecule has 5 aromatic rings. The molecule has 1 aromatic heterocycles. The molecule has 152 valence electrons. The minimum atomic E-state index is 0. The Labute approximate surface area is 196 Å². The summed E-state index contributed by atoms with van der Waals surface area (Å²) in [6, 6.07) is 40.1. The molecular weight excluding hydrogens is 563 g/mol. The number of para-hydroxylation sites is 4. The van der Waals surface area contributed by atoms with Crippen LogP contribution in [0.3, 0.4) is 0 Å². The maximum absolute atomic E-state index is 4.52. The second-order valence-corrected chi connectivity index (χ2v) is 6.96. The third-order valence-corrected chi connectivity index (χ3v) is 4.99. The molecule has 4 heteroatoms. The molecule has 1 aliphatic rings. The van der Waals surface area contributed by atoms with Crippen LogP contribution < -0.4 is 4.98 Å². The van der Waals surface area contributed by atoms with Gasteiger partial charge in [0.15, 0.2) is 0 Å². The first-order valence-electron chi connectivity index (χ1n) is 9.92. The summed E-state index contributed by atoms with van der Waals surface area (Å²) in [6.45, 7) is 0. The van der Waals surface area contributed by atoms with Gasteiger partial charge < -0.3 is 4.98 Å². The normalized spacial score (nSPS) is 12.0. The number of benzene rings is 4. The van der Waals surface area contributed by atoms with E-state index >= 15 is 0 Å². The molecular formula is C27H20AuN3+2. The third kappa shape index (κ3) is 4.51. The first-order valence-corrected chi connectivity index (χ1v) is 9.92. The maximum Gasteiger partial charge on any atom is 1.00 e. The molecule has 0 N–H and O–H groups in total. The van der Waals surface area contributed by atoms with Crippen molar-refractivity contribution in [2.24, 2.45) is 0 Å². The number of fused-ring (bicyclic) bond motifs is 3. The molecule has 0 saturated heterocycles. The Hall–Kier alpha value is -3.46. The fourth-order valence-electron chi connectivity index (χ4n) is 3.51. The van der Waals surface area contributed by atoms with Gasteiger partial charge in [-0.1, -0.05) is 94.1 Å². The van der Waals surface area contributed by atoms with E-state index < -0.39 is 0 Å². The molecule has 0 unspecified atom stereocenters. The van der Waals surface area contributed by atoms with Crippen molar-refractivity contribution in [3.05, 3.63) is 122 Å². The molecule has 0 spiro atoms. The average molecular weight is 583 g/mol. The van der Waals surface area contributed by atoms with Gasteiger partial charge in [-0.05, 0) is 10.8 Å². The summed E-state index contributed by atoms with van der Waals surface area (Å²) in [5.74, 6) is 0. The molecule has 31 heavy (non-hydrogen) atoms. The van der Waals surface area contributed by atoms with Gasteiger partial charge in [0.05, 0.1) is 0 Å². The zero-order chi connectivity index (χ0) is 20.2. The minimum absolute atomic E-state index is 0. The Morgan fingerprint density at radius 1 is 0.484 bits per heavy atom. The first kappa shape index (κ1) is 20.8. The van der Waals surface area contributed by atoms with Crippen LogP contribution >= 0.6 is 0 Å². The molecule has 0 bridgehead atoms. The van der Waals surface area contributed by atoms with Crippen LogP contribution in [-0.2, 0) is 22.4 Å². The molecule has 0 radical (unpaired) electrons. The summed E-state index contributed by atoms with van der Waals surface area (Å²) in [4.78, 5) is 4.52. The van der Waals surface area contributed by atoms with Gasteiger partial charge in [0, 0.05) is 24.3 Å². The van der Waals surface area contributed by atoms with Gasteiger partial charge in [-0.25, -0.2) is 0 Å². The number of nitrogens with zero attached hydrogens (tertiary/aromatic N) is 3. The minimum Gasteiger partial charge on any atom is -0.657 e. The van der Waals surface area contributed by atoms with Crippen molar-refractivity contribution in [3.63, 3.8) is 0 Å². The van der Waals surface area contributed by atoms with Crippen molar-refractivity contribution in [3.8, 4) is 0 Å². The van der Waals surface area contributed by atoms with Crippen molar-refractivity contribution in [1.29, 1.82) is 0 Å². The largest absolute Gasteiger partial charge is 1.00 e. The van der Waals surface area contributed by atoms with Gasteiger partial charge in [-0.15, -0.1) is 11.0 Å². The molecule has 0 aliphatic carbocycles. The molecule has 3 nitrogen and oxygen atoms in total. The monoisotopic (exact) mass is 583 g/mol.